The number of halogens is 3. The summed E-state index contributed by atoms with van der Waals surface area (Å²) >= 11 is 5.39. The minimum Gasteiger partial charge on any atom is -0.463 e. The van der Waals surface area contributed by atoms with Crippen LogP contribution in [0.4, 0.5) is 23.1 Å². The van der Waals surface area contributed by atoms with Gasteiger partial charge in [-0.3, -0.25) is 0 Å². The molecule has 1 fully saturated rings. The molecule has 1 aliphatic heterocycles. The Morgan fingerprint density at radius 1 is 1.48 bits per heavy atom. The van der Waals surface area contributed by atoms with Gasteiger partial charge in [0.2, 0.25) is 10.1 Å². The van der Waals surface area contributed by atoms with Gasteiger partial charge in [0.05, 0.1) is 0 Å². The molecule has 0 aliphatic carbocycles. The van der Waals surface area contributed by atoms with Crippen LogP contribution >= 0.6 is 23.6 Å². The van der Waals surface area contributed by atoms with Gasteiger partial charge in [0.15, 0.2) is 11.3 Å². The van der Waals surface area contributed by atoms with E-state index in [2.05, 4.69) is 10.2 Å². The monoisotopic (exact) mass is 368 g/mol. The predicted octanol–water partition coefficient (Wildman–Crippen LogP) is 3.29. The first kappa shape index (κ1) is 17.9. The SMILES string of the molecule is CCCC(=S)OC1CCN(C)C(=O)N1c1nnc(C(F)(F)F)s1. The van der Waals surface area contributed by atoms with E-state index in [4.69, 9.17) is 17.0 Å². The van der Waals surface area contributed by atoms with Gasteiger partial charge in [-0.15, -0.1) is 10.2 Å². The summed E-state index contributed by atoms with van der Waals surface area (Å²) in [7, 11) is 1.56. The van der Waals surface area contributed by atoms with Crippen molar-refractivity contribution >= 4 is 39.8 Å². The molecule has 1 aliphatic rings. The summed E-state index contributed by atoms with van der Waals surface area (Å²) in [6.07, 6.45) is -3.65. The number of aromatic nitrogens is 2. The summed E-state index contributed by atoms with van der Waals surface area (Å²) < 4.78 is 43.7. The highest BCUT2D eigenvalue weighted by Crippen LogP contribution is 2.36. The highest BCUT2D eigenvalue weighted by molar-refractivity contribution is 7.80. The van der Waals surface area contributed by atoms with E-state index < -0.39 is 23.4 Å². The maximum atomic E-state index is 12.7. The Balaban J connectivity index is 2.26. The third kappa shape index (κ3) is 4.08. The number of ether oxygens (including phenoxy) is 1. The van der Waals surface area contributed by atoms with Crippen LogP contribution in [0.15, 0.2) is 0 Å². The van der Waals surface area contributed by atoms with Crippen LogP contribution in [-0.2, 0) is 10.9 Å². The number of carbonyl (C=O) groups excluding carboxylic acids is 1. The molecule has 0 spiro atoms. The summed E-state index contributed by atoms with van der Waals surface area (Å²) in [6.45, 7) is 2.34. The maximum Gasteiger partial charge on any atom is 0.445 e. The first-order valence-electron chi connectivity index (χ1n) is 6.88. The summed E-state index contributed by atoms with van der Waals surface area (Å²) in [4.78, 5) is 14.8. The van der Waals surface area contributed by atoms with Crippen molar-refractivity contribution in [3.8, 4) is 0 Å². The summed E-state index contributed by atoms with van der Waals surface area (Å²) in [5, 5.41) is 5.67. The van der Waals surface area contributed by atoms with E-state index >= 15 is 0 Å². The number of thiocarbonyl (C=S) groups is 1. The Morgan fingerprint density at radius 2 is 2.17 bits per heavy atom. The Labute approximate surface area is 140 Å². The zero-order valence-electron chi connectivity index (χ0n) is 12.5. The normalized spacial score (nSPS) is 19.2. The molecule has 0 N–H and O–H groups in total. The van der Waals surface area contributed by atoms with Crippen LogP contribution in [0.25, 0.3) is 0 Å². The molecule has 0 radical (unpaired) electrons. The van der Waals surface area contributed by atoms with Gasteiger partial charge in [0, 0.05) is 26.4 Å². The number of alkyl halides is 3. The van der Waals surface area contributed by atoms with Crippen molar-refractivity contribution in [1.29, 1.82) is 0 Å². The van der Waals surface area contributed by atoms with E-state index in [1.54, 1.807) is 7.05 Å². The quantitative estimate of drug-likeness (QED) is 0.764. The molecule has 0 aromatic carbocycles. The maximum absolute atomic E-state index is 12.7. The highest BCUT2D eigenvalue weighted by Gasteiger charge is 2.40. The number of anilines is 1. The predicted molar refractivity (Wildman–Crippen MR) is 82.4 cm³/mol. The fourth-order valence-corrected chi connectivity index (χ4v) is 3.06. The topological polar surface area (TPSA) is 58.6 Å². The average molecular weight is 368 g/mol. The van der Waals surface area contributed by atoms with Crippen molar-refractivity contribution in [3.05, 3.63) is 5.01 Å². The second-order valence-corrected chi connectivity index (χ2v) is 6.36. The molecule has 6 nitrogen and oxygen atoms in total. The molecule has 2 rings (SSSR count). The van der Waals surface area contributed by atoms with Gasteiger partial charge in [-0.25, -0.2) is 9.69 Å². The second kappa shape index (κ2) is 6.95. The Bertz CT molecular complexity index is 593. The number of hydrogen-bond donors (Lipinski definition) is 0. The fourth-order valence-electron chi connectivity index (χ4n) is 1.99. The van der Waals surface area contributed by atoms with Gasteiger partial charge < -0.3 is 9.64 Å². The first-order chi connectivity index (χ1) is 10.7. The lowest BCUT2D eigenvalue weighted by Gasteiger charge is -2.37. The zero-order chi connectivity index (χ0) is 17.2. The minimum atomic E-state index is -4.60. The molecule has 2 heterocycles. The third-order valence-electron chi connectivity index (χ3n) is 3.12. The van der Waals surface area contributed by atoms with E-state index in [0.29, 0.717) is 35.8 Å². The zero-order valence-corrected chi connectivity index (χ0v) is 14.1. The minimum absolute atomic E-state index is 0.154. The van der Waals surface area contributed by atoms with Crippen molar-refractivity contribution in [2.75, 3.05) is 18.5 Å². The van der Waals surface area contributed by atoms with Gasteiger partial charge in [-0.1, -0.05) is 18.3 Å². The fraction of sp³-hybridized carbons (Fsp3) is 0.667. The average Bonchev–Trinajstić information content (AvgIpc) is 2.93. The summed E-state index contributed by atoms with van der Waals surface area (Å²) in [6, 6.07) is -0.495. The van der Waals surface area contributed by atoms with Crippen LogP contribution in [-0.4, -0.2) is 46.0 Å². The Kier molecular flexibility index (Phi) is 5.40. The van der Waals surface area contributed by atoms with Crippen molar-refractivity contribution < 1.29 is 22.7 Å². The molecular formula is C12H15F3N4O2S2. The van der Waals surface area contributed by atoms with E-state index in [-0.39, 0.29) is 5.13 Å². The molecule has 23 heavy (non-hydrogen) atoms. The first-order valence-corrected chi connectivity index (χ1v) is 8.11. The number of urea groups is 1. The van der Waals surface area contributed by atoms with Gasteiger partial charge in [-0.05, 0) is 18.6 Å². The lowest BCUT2D eigenvalue weighted by Crippen LogP contribution is -2.54. The number of amides is 2. The number of rotatable bonds is 4. The van der Waals surface area contributed by atoms with Crippen LogP contribution in [0, 0.1) is 0 Å². The molecule has 1 aromatic rings. The molecule has 0 saturated carbocycles. The van der Waals surface area contributed by atoms with E-state index in [9.17, 15) is 18.0 Å². The number of hydrogen-bond acceptors (Lipinski definition) is 6. The van der Waals surface area contributed by atoms with Crippen LogP contribution in [0.2, 0.25) is 0 Å². The lowest BCUT2D eigenvalue weighted by molar-refractivity contribution is -0.138. The van der Waals surface area contributed by atoms with Gasteiger partial charge >= 0.3 is 12.2 Å². The molecule has 128 valence electrons. The van der Waals surface area contributed by atoms with Crippen molar-refractivity contribution in [3.63, 3.8) is 0 Å². The Hall–Kier alpha value is -1.49. The molecule has 2 amide bonds. The number of carbonyl (C=O) groups is 1. The molecule has 1 aromatic heterocycles. The smallest absolute Gasteiger partial charge is 0.445 e. The van der Waals surface area contributed by atoms with Crippen LogP contribution in [0.5, 0.6) is 0 Å². The number of nitrogens with zero attached hydrogens (tertiary/aromatic N) is 4. The molecule has 11 heteroatoms. The summed E-state index contributed by atoms with van der Waals surface area (Å²) in [5.41, 5.74) is 0. The van der Waals surface area contributed by atoms with Gasteiger partial charge in [0.1, 0.15) is 0 Å². The van der Waals surface area contributed by atoms with Crippen LogP contribution < -0.4 is 4.90 Å². The molecular weight excluding hydrogens is 353 g/mol. The summed E-state index contributed by atoms with van der Waals surface area (Å²) in [5.74, 6) is 0. The standard InChI is InChI=1S/C12H15F3N4O2S2/c1-3-4-8(22)21-7-5-6-18(2)11(20)19(7)10-17-16-9(23-10)12(13,14)15/h7H,3-6H2,1-2H3. The third-order valence-corrected chi connectivity index (χ3v) is 4.38. The second-order valence-electron chi connectivity index (χ2n) is 4.94. The van der Waals surface area contributed by atoms with Crippen molar-refractivity contribution in [2.45, 2.75) is 38.6 Å². The molecule has 1 saturated heterocycles. The van der Waals surface area contributed by atoms with E-state index in [1.807, 2.05) is 6.92 Å². The molecule has 1 atom stereocenters. The highest BCUT2D eigenvalue weighted by atomic mass is 32.1. The van der Waals surface area contributed by atoms with E-state index in [1.165, 1.54) is 4.90 Å². The largest absolute Gasteiger partial charge is 0.463 e. The molecule has 1 unspecified atom stereocenters. The molecule has 0 bridgehead atoms. The van der Waals surface area contributed by atoms with Crippen molar-refractivity contribution in [2.24, 2.45) is 0 Å². The van der Waals surface area contributed by atoms with Gasteiger partial charge in [-0.2, -0.15) is 13.2 Å². The lowest BCUT2D eigenvalue weighted by atomic mass is 10.2. The van der Waals surface area contributed by atoms with Crippen LogP contribution in [0.1, 0.15) is 31.2 Å². The van der Waals surface area contributed by atoms with Gasteiger partial charge in [0.25, 0.3) is 0 Å². The van der Waals surface area contributed by atoms with Crippen molar-refractivity contribution in [1.82, 2.24) is 15.1 Å². The van der Waals surface area contributed by atoms with E-state index in [0.717, 1.165) is 11.3 Å². The van der Waals surface area contributed by atoms with Crippen LogP contribution in [0.3, 0.4) is 0 Å². The Morgan fingerprint density at radius 3 is 2.74 bits per heavy atom.